The molecule has 15 heteroatoms. The molecule has 2 fully saturated rings. The summed E-state index contributed by atoms with van der Waals surface area (Å²) in [5, 5.41) is 3.01. The quantitative estimate of drug-likeness (QED) is 0.136. The highest BCUT2D eigenvalue weighted by atomic mass is 32.2. The average molecular weight is 787 g/mol. The minimum atomic E-state index is -3.83. The van der Waals surface area contributed by atoms with Crippen LogP contribution in [0, 0.1) is 11.8 Å². The second-order valence-corrected chi connectivity index (χ2v) is 17.9. The number of nitrogens with one attached hydrogen (secondary N) is 1. The van der Waals surface area contributed by atoms with Crippen LogP contribution in [0.4, 0.5) is 4.79 Å². The van der Waals surface area contributed by atoms with Crippen molar-refractivity contribution in [2.75, 3.05) is 39.4 Å². The summed E-state index contributed by atoms with van der Waals surface area (Å²) in [6.45, 7) is 12.6. The average Bonchev–Trinajstić information content (AvgIpc) is 3.11. The summed E-state index contributed by atoms with van der Waals surface area (Å²) < 4.78 is 46.7. The molecule has 2 atom stereocenters. The molecular formula is C40H58N4O10S. The van der Waals surface area contributed by atoms with Gasteiger partial charge in [-0.3, -0.25) is 23.6 Å². The molecule has 1 N–H and O–H groups in total. The topological polar surface area (TPSA) is 171 Å². The number of aromatic nitrogens is 1. The van der Waals surface area contributed by atoms with Gasteiger partial charge in [0.05, 0.1) is 24.6 Å². The molecule has 304 valence electrons. The van der Waals surface area contributed by atoms with E-state index in [4.69, 9.17) is 18.4 Å². The van der Waals surface area contributed by atoms with Crippen molar-refractivity contribution in [3.63, 3.8) is 0 Å². The SMILES string of the molecule is CC(C)(C)OC(=O)C[C@H](NC(=O)C1CCCN(C(=O)CCC2CCN(C(=O)OC(C)(C)C)CC2)C1)c1cncc(OCCOS(=O)(=O)Cc2ccccc2)c1. The first-order chi connectivity index (χ1) is 25.9. The van der Waals surface area contributed by atoms with Gasteiger partial charge in [0.2, 0.25) is 11.8 Å². The number of carbonyl (C=O) groups excluding carboxylic acids is 4. The van der Waals surface area contributed by atoms with Gasteiger partial charge >= 0.3 is 12.1 Å². The van der Waals surface area contributed by atoms with E-state index in [0.717, 1.165) is 12.8 Å². The largest absolute Gasteiger partial charge is 0.490 e. The van der Waals surface area contributed by atoms with E-state index in [1.54, 1.807) is 67.0 Å². The van der Waals surface area contributed by atoms with Crippen molar-refractivity contribution in [2.24, 2.45) is 11.8 Å². The molecule has 55 heavy (non-hydrogen) atoms. The number of benzene rings is 1. The molecule has 0 saturated carbocycles. The number of pyridine rings is 1. The van der Waals surface area contributed by atoms with Gasteiger partial charge in [0, 0.05) is 38.8 Å². The molecule has 2 saturated heterocycles. The Balaban J connectivity index is 1.31. The van der Waals surface area contributed by atoms with Crippen molar-refractivity contribution in [3.05, 3.63) is 59.9 Å². The number of hydrogen-bond acceptors (Lipinski definition) is 11. The Bertz CT molecular complexity index is 1700. The summed E-state index contributed by atoms with van der Waals surface area (Å²) in [4.78, 5) is 60.2. The third kappa shape index (κ3) is 15.4. The standard InChI is InChI=1S/C40H58N4O10S/c1-39(2,3)53-36(46)24-34(32-23-33(26-41-25-32)51-21-22-52-55(49,50)28-30-11-8-7-9-12-30)42-37(47)31-13-10-18-44(27-31)35(45)15-14-29-16-19-43(20-17-29)38(48)54-40(4,5)6/h7-9,11-12,23,25-26,29,31,34H,10,13-22,24,27-28H2,1-6H3,(H,42,47)/t31?,34-/m0/s1. The molecule has 0 bridgehead atoms. The first-order valence-electron chi connectivity index (χ1n) is 19.1. The summed E-state index contributed by atoms with van der Waals surface area (Å²) in [5.41, 5.74) is -0.184. The van der Waals surface area contributed by atoms with Crippen molar-refractivity contribution < 1.29 is 46.0 Å². The summed E-state index contributed by atoms with van der Waals surface area (Å²) in [7, 11) is -3.83. The molecule has 3 heterocycles. The number of likely N-dealkylation sites (tertiary alicyclic amines) is 2. The van der Waals surface area contributed by atoms with Crippen LogP contribution in [0.3, 0.4) is 0 Å². The second kappa shape index (κ2) is 19.6. The van der Waals surface area contributed by atoms with Crippen molar-refractivity contribution >= 4 is 34.0 Å². The number of piperidine rings is 2. The maximum atomic E-state index is 13.7. The van der Waals surface area contributed by atoms with E-state index in [1.165, 1.54) is 12.4 Å². The molecule has 2 aromatic rings. The van der Waals surface area contributed by atoms with Crippen LogP contribution in [0.2, 0.25) is 0 Å². The molecular weight excluding hydrogens is 729 g/mol. The number of hydrogen-bond donors (Lipinski definition) is 1. The molecule has 2 aliphatic rings. The van der Waals surface area contributed by atoms with E-state index in [9.17, 15) is 27.6 Å². The molecule has 2 aliphatic heterocycles. The lowest BCUT2D eigenvalue weighted by atomic mass is 9.91. The van der Waals surface area contributed by atoms with E-state index in [0.29, 0.717) is 68.1 Å². The van der Waals surface area contributed by atoms with Gasteiger partial charge in [-0.05, 0) is 96.8 Å². The third-order valence-corrected chi connectivity index (χ3v) is 10.4. The minimum Gasteiger partial charge on any atom is -0.490 e. The van der Waals surface area contributed by atoms with Gasteiger partial charge in [0.15, 0.2) is 0 Å². The Morgan fingerprint density at radius 2 is 1.58 bits per heavy atom. The third-order valence-electron chi connectivity index (χ3n) is 9.22. The maximum absolute atomic E-state index is 13.7. The van der Waals surface area contributed by atoms with Crippen LogP contribution in [0.5, 0.6) is 5.75 Å². The first-order valence-corrected chi connectivity index (χ1v) is 20.7. The fourth-order valence-electron chi connectivity index (χ4n) is 6.57. The van der Waals surface area contributed by atoms with Crippen LogP contribution >= 0.6 is 0 Å². The number of esters is 1. The van der Waals surface area contributed by atoms with Crippen LogP contribution in [0.25, 0.3) is 0 Å². The molecule has 0 aliphatic carbocycles. The van der Waals surface area contributed by atoms with Gasteiger partial charge in [0.25, 0.3) is 10.1 Å². The van der Waals surface area contributed by atoms with Crippen molar-refractivity contribution in [1.82, 2.24) is 20.1 Å². The molecule has 4 rings (SSSR count). The van der Waals surface area contributed by atoms with Gasteiger partial charge in [0.1, 0.15) is 35.9 Å². The number of amides is 3. The smallest absolute Gasteiger partial charge is 0.410 e. The van der Waals surface area contributed by atoms with Crippen molar-refractivity contribution in [2.45, 2.75) is 109 Å². The Morgan fingerprint density at radius 3 is 2.25 bits per heavy atom. The summed E-state index contributed by atoms with van der Waals surface area (Å²) in [5.74, 6) is -0.908. The molecule has 3 amide bonds. The van der Waals surface area contributed by atoms with E-state index in [1.807, 2.05) is 20.8 Å². The Kier molecular flexibility index (Phi) is 15.5. The molecule has 1 aromatic carbocycles. The highest BCUT2D eigenvalue weighted by Crippen LogP contribution is 2.27. The van der Waals surface area contributed by atoms with Gasteiger partial charge in [-0.1, -0.05) is 30.3 Å². The number of nitrogens with zero attached hydrogens (tertiary/aromatic N) is 3. The maximum Gasteiger partial charge on any atom is 0.410 e. The van der Waals surface area contributed by atoms with E-state index in [-0.39, 0.29) is 49.8 Å². The zero-order valence-electron chi connectivity index (χ0n) is 33.1. The van der Waals surface area contributed by atoms with Crippen LogP contribution < -0.4 is 10.1 Å². The van der Waals surface area contributed by atoms with Gasteiger partial charge in [-0.2, -0.15) is 8.42 Å². The summed E-state index contributed by atoms with van der Waals surface area (Å²) in [6.07, 6.45) is 6.46. The zero-order chi connectivity index (χ0) is 40.2. The van der Waals surface area contributed by atoms with E-state index >= 15 is 0 Å². The lowest BCUT2D eigenvalue weighted by Gasteiger charge is -2.35. The van der Waals surface area contributed by atoms with Crippen molar-refractivity contribution in [1.29, 1.82) is 0 Å². The molecule has 14 nitrogen and oxygen atoms in total. The molecule has 1 unspecified atom stereocenters. The lowest BCUT2D eigenvalue weighted by molar-refractivity contribution is -0.155. The summed E-state index contributed by atoms with van der Waals surface area (Å²) >= 11 is 0. The van der Waals surface area contributed by atoms with Gasteiger partial charge in [-0.15, -0.1) is 0 Å². The Hall–Kier alpha value is -4.24. The molecule has 1 aromatic heterocycles. The first kappa shape index (κ1) is 43.5. The van der Waals surface area contributed by atoms with Gasteiger partial charge in [-0.25, -0.2) is 4.79 Å². The predicted molar refractivity (Wildman–Crippen MR) is 205 cm³/mol. The monoisotopic (exact) mass is 786 g/mol. The van der Waals surface area contributed by atoms with Crippen LogP contribution in [0.15, 0.2) is 48.8 Å². The van der Waals surface area contributed by atoms with Crippen LogP contribution in [-0.4, -0.2) is 97.7 Å². The zero-order valence-corrected chi connectivity index (χ0v) is 33.9. The Morgan fingerprint density at radius 1 is 0.891 bits per heavy atom. The van der Waals surface area contributed by atoms with Crippen LogP contribution in [0.1, 0.15) is 104 Å². The highest BCUT2D eigenvalue weighted by Gasteiger charge is 2.32. The van der Waals surface area contributed by atoms with Crippen LogP contribution in [-0.2, 0) is 43.9 Å². The van der Waals surface area contributed by atoms with Gasteiger partial charge < -0.3 is 29.3 Å². The predicted octanol–water partition coefficient (Wildman–Crippen LogP) is 5.56. The number of rotatable bonds is 15. The Labute approximate surface area is 325 Å². The molecule has 0 radical (unpaired) electrons. The molecule has 0 spiro atoms. The van der Waals surface area contributed by atoms with E-state index in [2.05, 4.69) is 10.3 Å². The minimum absolute atomic E-state index is 0.00303. The number of carbonyl (C=O) groups is 4. The van der Waals surface area contributed by atoms with Crippen molar-refractivity contribution in [3.8, 4) is 5.75 Å². The fourth-order valence-corrected chi connectivity index (χ4v) is 7.58. The fraction of sp³-hybridized carbons (Fsp3) is 0.625. The summed E-state index contributed by atoms with van der Waals surface area (Å²) in [6, 6.07) is 9.54. The normalized spacial score (nSPS) is 17.6. The lowest BCUT2D eigenvalue weighted by Crippen LogP contribution is -2.46. The number of ether oxygens (including phenoxy) is 3. The second-order valence-electron chi connectivity index (χ2n) is 16.3. The highest BCUT2D eigenvalue weighted by molar-refractivity contribution is 7.85. The van der Waals surface area contributed by atoms with E-state index < -0.39 is 39.2 Å².